The van der Waals surface area contributed by atoms with Crippen molar-refractivity contribution >= 4 is 40.1 Å². The monoisotopic (exact) mass is 393 g/mol. The van der Waals surface area contributed by atoms with E-state index in [1.165, 1.54) is 13.2 Å². The number of imidazole rings is 1. The molecule has 0 radical (unpaired) electrons. The highest BCUT2D eigenvalue weighted by Gasteiger charge is 2.19. The summed E-state index contributed by atoms with van der Waals surface area (Å²) in [6, 6.07) is 10.6. The molecule has 3 rings (SSSR count). The van der Waals surface area contributed by atoms with E-state index in [9.17, 15) is 9.59 Å². The quantitative estimate of drug-likeness (QED) is 0.724. The first kappa shape index (κ1) is 18.4. The molecule has 0 aliphatic carbocycles. The fraction of sp³-hybridized carbons (Fsp3) is 0.222. The Kier molecular flexibility index (Phi) is 5.25. The van der Waals surface area contributed by atoms with Gasteiger partial charge < -0.3 is 10.1 Å². The molecule has 0 aliphatic rings. The normalized spacial score (nSPS) is 10.9. The molecule has 0 fully saturated rings. The minimum Gasteiger partial charge on any atom is -0.494 e. The molecule has 3 aromatic rings. The highest BCUT2D eigenvalue weighted by molar-refractivity contribution is 6.37. The number of methoxy groups -OCH3 is 1. The number of amides is 1. The van der Waals surface area contributed by atoms with Crippen molar-refractivity contribution in [3.8, 4) is 5.75 Å². The Morgan fingerprint density at radius 2 is 1.77 bits per heavy atom. The molecule has 0 unspecified atom stereocenters. The number of carbonyl (C=O) groups excluding carboxylic acids is 1. The number of aromatic nitrogens is 2. The van der Waals surface area contributed by atoms with Gasteiger partial charge in [-0.25, -0.2) is 4.79 Å². The molecule has 0 aliphatic heterocycles. The van der Waals surface area contributed by atoms with Crippen LogP contribution in [0.4, 0.5) is 0 Å². The number of aryl methyl sites for hydroxylation is 1. The maximum Gasteiger partial charge on any atom is 0.328 e. The molecule has 1 N–H and O–H groups in total. The number of nitrogens with one attached hydrogen (secondary N) is 1. The van der Waals surface area contributed by atoms with Crippen LogP contribution in [-0.2, 0) is 13.6 Å². The van der Waals surface area contributed by atoms with E-state index in [0.29, 0.717) is 11.6 Å². The molecule has 0 saturated heterocycles. The van der Waals surface area contributed by atoms with Crippen LogP contribution in [0.5, 0.6) is 5.75 Å². The van der Waals surface area contributed by atoms with Crippen LogP contribution in [0.1, 0.15) is 10.4 Å². The Morgan fingerprint density at radius 3 is 2.46 bits per heavy atom. The Balaban J connectivity index is 1.80. The van der Waals surface area contributed by atoms with Crippen LogP contribution in [0.15, 0.2) is 41.2 Å². The van der Waals surface area contributed by atoms with E-state index in [-0.39, 0.29) is 28.6 Å². The summed E-state index contributed by atoms with van der Waals surface area (Å²) in [6.07, 6.45) is 0. The van der Waals surface area contributed by atoms with Crippen LogP contribution >= 0.6 is 23.2 Å². The molecule has 0 saturated carbocycles. The number of hydrogen-bond donors (Lipinski definition) is 1. The number of halogens is 2. The molecule has 1 aromatic heterocycles. The largest absolute Gasteiger partial charge is 0.494 e. The van der Waals surface area contributed by atoms with E-state index in [0.717, 1.165) is 11.0 Å². The second-order valence-electron chi connectivity index (χ2n) is 5.68. The number of hydrogen-bond acceptors (Lipinski definition) is 3. The first-order chi connectivity index (χ1) is 12.5. The maximum atomic E-state index is 12.5. The van der Waals surface area contributed by atoms with E-state index >= 15 is 0 Å². The van der Waals surface area contributed by atoms with E-state index in [2.05, 4.69) is 5.32 Å². The molecule has 0 spiro atoms. The fourth-order valence-corrected chi connectivity index (χ4v) is 3.36. The lowest BCUT2D eigenvalue weighted by Gasteiger charge is -2.12. The van der Waals surface area contributed by atoms with Crippen molar-refractivity contribution in [3.05, 3.63) is 62.5 Å². The average molecular weight is 394 g/mol. The lowest BCUT2D eigenvalue weighted by Crippen LogP contribution is -2.31. The van der Waals surface area contributed by atoms with E-state index in [4.69, 9.17) is 27.9 Å². The van der Waals surface area contributed by atoms with Gasteiger partial charge in [0, 0.05) is 20.1 Å². The first-order valence-electron chi connectivity index (χ1n) is 7.90. The number of nitrogens with zero attached hydrogens (tertiary/aromatic N) is 2. The second-order valence-corrected chi connectivity index (χ2v) is 6.49. The van der Waals surface area contributed by atoms with Crippen molar-refractivity contribution in [2.75, 3.05) is 13.7 Å². The van der Waals surface area contributed by atoms with E-state index in [1.807, 2.05) is 24.3 Å². The van der Waals surface area contributed by atoms with Crippen molar-refractivity contribution in [2.45, 2.75) is 6.54 Å². The minimum atomic E-state index is -0.414. The van der Waals surface area contributed by atoms with Gasteiger partial charge in [-0.1, -0.05) is 35.3 Å². The summed E-state index contributed by atoms with van der Waals surface area (Å²) < 4.78 is 8.38. The van der Waals surface area contributed by atoms with Crippen molar-refractivity contribution in [3.63, 3.8) is 0 Å². The lowest BCUT2D eigenvalue weighted by molar-refractivity contribution is 0.0949. The Morgan fingerprint density at radius 1 is 1.12 bits per heavy atom. The fourth-order valence-electron chi connectivity index (χ4n) is 2.89. The predicted molar refractivity (Wildman–Crippen MR) is 103 cm³/mol. The Labute approximate surface area is 159 Å². The number of ether oxygens (including phenoxy) is 1. The average Bonchev–Trinajstić information content (AvgIpc) is 2.88. The van der Waals surface area contributed by atoms with Crippen LogP contribution < -0.4 is 15.7 Å². The summed E-state index contributed by atoms with van der Waals surface area (Å²) >= 11 is 12.2. The van der Waals surface area contributed by atoms with Gasteiger partial charge in [-0.2, -0.15) is 0 Å². The molecule has 6 nitrogen and oxygen atoms in total. The maximum absolute atomic E-state index is 12.5. The highest BCUT2D eigenvalue weighted by atomic mass is 35.5. The Hall–Kier alpha value is -2.44. The minimum absolute atomic E-state index is 0.140. The van der Waals surface area contributed by atoms with Gasteiger partial charge in [-0.05, 0) is 24.3 Å². The molecule has 1 heterocycles. The third-order valence-corrected chi connectivity index (χ3v) is 4.78. The van der Waals surface area contributed by atoms with Crippen molar-refractivity contribution in [2.24, 2.45) is 7.05 Å². The second kappa shape index (κ2) is 7.43. The molecular weight excluding hydrogens is 377 g/mol. The summed E-state index contributed by atoms with van der Waals surface area (Å²) in [5.41, 5.74) is 1.68. The first-order valence-corrected chi connectivity index (χ1v) is 8.65. The predicted octanol–water partition coefficient (Wildman–Crippen LogP) is 3.09. The standard InChI is InChI=1S/C18H17Cl2N3O3/c1-22-13-5-3-4-6-14(13)23(18(22)25)10-9-21-17(24)15-11(19)7-8-12(20)16(15)26-2/h3-8H,9-10H2,1-2H3,(H,21,24). The van der Waals surface area contributed by atoms with E-state index < -0.39 is 5.91 Å². The van der Waals surface area contributed by atoms with Gasteiger partial charge in [0.1, 0.15) is 5.56 Å². The lowest BCUT2D eigenvalue weighted by atomic mass is 10.2. The van der Waals surface area contributed by atoms with Gasteiger partial charge in [-0.15, -0.1) is 0 Å². The number of para-hydroxylation sites is 2. The zero-order valence-corrected chi connectivity index (χ0v) is 15.8. The molecule has 2 aromatic carbocycles. The molecule has 1 amide bonds. The molecule has 0 bridgehead atoms. The Bertz CT molecular complexity index is 1040. The molecular formula is C18H17Cl2N3O3. The summed E-state index contributed by atoms with van der Waals surface area (Å²) in [7, 11) is 3.14. The molecule has 8 heteroatoms. The summed E-state index contributed by atoms with van der Waals surface area (Å²) in [6.45, 7) is 0.575. The topological polar surface area (TPSA) is 65.3 Å². The number of fused-ring (bicyclic) bond motifs is 1. The van der Waals surface area contributed by atoms with Gasteiger partial charge in [0.15, 0.2) is 5.75 Å². The van der Waals surface area contributed by atoms with Gasteiger partial charge in [-0.3, -0.25) is 13.9 Å². The van der Waals surface area contributed by atoms with Crippen LogP contribution in [0.25, 0.3) is 11.0 Å². The number of rotatable bonds is 5. The third kappa shape index (κ3) is 3.18. The van der Waals surface area contributed by atoms with Crippen molar-refractivity contribution < 1.29 is 9.53 Å². The summed E-state index contributed by atoms with van der Waals surface area (Å²) in [5.74, 6) is -0.193. The molecule has 136 valence electrons. The van der Waals surface area contributed by atoms with Gasteiger partial charge in [0.05, 0.1) is 28.2 Å². The molecule has 0 atom stereocenters. The number of carbonyl (C=O) groups is 1. The van der Waals surface area contributed by atoms with Crippen LogP contribution in [0.2, 0.25) is 10.0 Å². The van der Waals surface area contributed by atoms with Crippen LogP contribution in [0.3, 0.4) is 0 Å². The van der Waals surface area contributed by atoms with Gasteiger partial charge >= 0.3 is 5.69 Å². The van der Waals surface area contributed by atoms with Crippen molar-refractivity contribution in [1.29, 1.82) is 0 Å². The third-order valence-electron chi connectivity index (χ3n) is 4.16. The zero-order valence-electron chi connectivity index (χ0n) is 14.3. The van der Waals surface area contributed by atoms with E-state index in [1.54, 1.807) is 22.2 Å². The smallest absolute Gasteiger partial charge is 0.328 e. The van der Waals surface area contributed by atoms with Crippen LogP contribution in [0, 0.1) is 0 Å². The zero-order chi connectivity index (χ0) is 18.8. The van der Waals surface area contributed by atoms with Gasteiger partial charge in [0.25, 0.3) is 5.91 Å². The van der Waals surface area contributed by atoms with Crippen LogP contribution in [-0.4, -0.2) is 28.7 Å². The SMILES string of the molecule is COc1c(Cl)ccc(Cl)c1C(=O)NCCn1c(=O)n(C)c2ccccc21. The highest BCUT2D eigenvalue weighted by Crippen LogP contribution is 2.33. The van der Waals surface area contributed by atoms with Gasteiger partial charge in [0.2, 0.25) is 0 Å². The van der Waals surface area contributed by atoms with Crippen molar-refractivity contribution in [1.82, 2.24) is 14.5 Å². The molecule has 26 heavy (non-hydrogen) atoms. The summed E-state index contributed by atoms with van der Waals surface area (Å²) in [5, 5.41) is 3.30. The summed E-state index contributed by atoms with van der Waals surface area (Å²) in [4.78, 5) is 24.9. The number of benzene rings is 2.